The number of rotatable bonds is 6. The van der Waals surface area contributed by atoms with Gasteiger partial charge in [-0.05, 0) is 38.1 Å². The minimum Gasteiger partial charge on any atom is -0.395 e. The van der Waals surface area contributed by atoms with Crippen molar-refractivity contribution in [2.24, 2.45) is 5.73 Å². The van der Waals surface area contributed by atoms with Gasteiger partial charge in [0, 0.05) is 23.7 Å². The molecule has 0 heterocycles. The summed E-state index contributed by atoms with van der Waals surface area (Å²) in [6, 6.07) is 7.83. The Morgan fingerprint density at radius 2 is 1.94 bits per heavy atom. The van der Waals surface area contributed by atoms with Gasteiger partial charge in [0.05, 0.1) is 6.61 Å². The quantitative estimate of drug-likeness (QED) is 0.819. The Hall–Kier alpha value is -0.610. The van der Waals surface area contributed by atoms with Gasteiger partial charge in [-0.1, -0.05) is 23.7 Å². The Morgan fingerprint density at radius 1 is 1.35 bits per heavy atom. The number of hydrogen-bond donors (Lipinski definition) is 2. The van der Waals surface area contributed by atoms with Gasteiger partial charge in [0.15, 0.2) is 0 Å². The summed E-state index contributed by atoms with van der Waals surface area (Å²) in [6.07, 6.45) is 0.864. The molecule has 3 nitrogen and oxygen atoms in total. The van der Waals surface area contributed by atoms with Crippen LogP contribution in [-0.4, -0.2) is 36.2 Å². The third kappa shape index (κ3) is 4.64. The molecule has 1 aromatic carbocycles. The van der Waals surface area contributed by atoms with E-state index in [1.807, 2.05) is 38.2 Å². The van der Waals surface area contributed by atoms with E-state index in [0.29, 0.717) is 0 Å². The molecule has 0 saturated carbocycles. The van der Waals surface area contributed by atoms with Crippen LogP contribution >= 0.6 is 11.6 Å². The predicted octanol–water partition coefficient (Wildman–Crippen LogP) is 2.04. The van der Waals surface area contributed by atoms with Crippen molar-refractivity contribution < 1.29 is 5.11 Å². The number of aliphatic hydroxyl groups is 1. The van der Waals surface area contributed by atoms with E-state index in [1.165, 1.54) is 0 Å². The molecular weight excluding hydrogens is 236 g/mol. The summed E-state index contributed by atoms with van der Waals surface area (Å²) in [4.78, 5) is 2.11. The number of hydrogen-bond acceptors (Lipinski definition) is 3. The highest BCUT2D eigenvalue weighted by atomic mass is 35.5. The van der Waals surface area contributed by atoms with Crippen LogP contribution in [0.5, 0.6) is 0 Å². The minimum atomic E-state index is 0.0145. The number of benzene rings is 1. The summed E-state index contributed by atoms with van der Waals surface area (Å²) >= 11 is 5.83. The molecule has 0 spiro atoms. The molecule has 17 heavy (non-hydrogen) atoms. The Bertz CT molecular complexity index is 329. The summed E-state index contributed by atoms with van der Waals surface area (Å²) < 4.78 is 0. The van der Waals surface area contributed by atoms with Crippen LogP contribution < -0.4 is 5.73 Å². The summed E-state index contributed by atoms with van der Waals surface area (Å²) in [6.45, 7) is 3.03. The van der Waals surface area contributed by atoms with Crippen LogP contribution in [-0.2, 0) is 0 Å². The van der Waals surface area contributed by atoms with Crippen molar-refractivity contribution in [3.63, 3.8) is 0 Å². The van der Waals surface area contributed by atoms with Crippen molar-refractivity contribution in [2.75, 3.05) is 20.2 Å². The second-order valence-electron chi connectivity index (χ2n) is 4.46. The lowest BCUT2D eigenvalue weighted by Gasteiger charge is -2.24. The maximum atomic E-state index is 9.03. The third-order valence-corrected chi connectivity index (χ3v) is 3.36. The average Bonchev–Trinajstić information content (AvgIpc) is 2.35. The normalized spacial score (nSPS) is 14.9. The van der Waals surface area contributed by atoms with E-state index >= 15 is 0 Å². The van der Waals surface area contributed by atoms with Crippen molar-refractivity contribution in [3.05, 3.63) is 34.9 Å². The van der Waals surface area contributed by atoms with Crippen LogP contribution in [0.4, 0.5) is 0 Å². The molecular formula is C13H21ClN2O. The van der Waals surface area contributed by atoms with Crippen LogP contribution in [0.1, 0.15) is 24.9 Å². The Morgan fingerprint density at radius 3 is 2.47 bits per heavy atom. The molecule has 0 aromatic heterocycles. The molecule has 2 unspecified atom stereocenters. The molecule has 0 bridgehead atoms. The highest BCUT2D eigenvalue weighted by Crippen LogP contribution is 2.17. The largest absolute Gasteiger partial charge is 0.395 e. The van der Waals surface area contributed by atoms with E-state index in [2.05, 4.69) is 4.90 Å². The van der Waals surface area contributed by atoms with Gasteiger partial charge in [-0.3, -0.25) is 0 Å². The fourth-order valence-electron chi connectivity index (χ4n) is 1.58. The smallest absolute Gasteiger partial charge is 0.0584 e. The fourth-order valence-corrected chi connectivity index (χ4v) is 1.71. The first-order valence-electron chi connectivity index (χ1n) is 5.86. The first kappa shape index (κ1) is 14.5. The van der Waals surface area contributed by atoms with Crippen LogP contribution in [0.25, 0.3) is 0 Å². The molecule has 0 aliphatic carbocycles. The van der Waals surface area contributed by atoms with Gasteiger partial charge < -0.3 is 15.7 Å². The standard InChI is InChI=1S/C13H21ClN2O/c1-10(9-17)16(2)8-7-13(15)11-3-5-12(14)6-4-11/h3-6,10,13,17H,7-9,15H2,1-2H3. The topological polar surface area (TPSA) is 49.5 Å². The lowest BCUT2D eigenvalue weighted by molar-refractivity contribution is 0.156. The van der Waals surface area contributed by atoms with Gasteiger partial charge in [0.2, 0.25) is 0 Å². The second-order valence-corrected chi connectivity index (χ2v) is 4.90. The summed E-state index contributed by atoms with van der Waals surface area (Å²) in [5.41, 5.74) is 7.20. The lowest BCUT2D eigenvalue weighted by atomic mass is 10.0. The average molecular weight is 257 g/mol. The van der Waals surface area contributed by atoms with Gasteiger partial charge >= 0.3 is 0 Å². The SMILES string of the molecule is CC(CO)N(C)CCC(N)c1ccc(Cl)cc1. The van der Waals surface area contributed by atoms with Gasteiger partial charge in [0.1, 0.15) is 0 Å². The van der Waals surface area contributed by atoms with E-state index < -0.39 is 0 Å². The van der Waals surface area contributed by atoms with E-state index in [0.717, 1.165) is 23.6 Å². The first-order valence-corrected chi connectivity index (χ1v) is 6.24. The lowest BCUT2D eigenvalue weighted by Crippen LogP contribution is -2.34. The zero-order valence-corrected chi connectivity index (χ0v) is 11.2. The van der Waals surface area contributed by atoms with Crippen LogP contribution in [0.2, 0.25) is 5.02 Å². The molecule has 0 aliphatic rings. The zero-order valence-electron chi connectivity index (χ0n) is 10.4. The summed E-state index contributed by atoms with van der Waals surface area (Å²) in [5, 5.41) is 9.76. The van der Waals surface area contributed by atoms with Crippen molar-refractivity contribution in [1.29, 1.82) is 0 Å². The van der Waals surface area contributed by atoms with Crippen molar-refractivity contribution in [3.8, 4) is 0 Å². The molecule has 0 saturated heterocycles. The van der Waals surface area contributed by atoms with Crippen molar-refractivity contribution in [1.82, 2.24) is 4.90 Å². The second kappa shape index (κ2) is 6.97. The third-order valence-electron chi connectivity index (χ3n) is 3.11. The molecule has 96 valence electrons. The molecule has 0 aliphatic heterocycles. The van der Waals surface area contributed by atoms with Crippen LogP contribution in [0.15, 0.2) is 24.3 Å². The van der Waals surface area contributed by atoms with E-state index in [1.54, 1.807) is 0 Å². The zero-order chi connectivity index (χ0) is 12.8. The van der Waals surface area contributed by atoms with Crippen molar-refractivity contribution in [2.45, 2.75) is 25.4 Å². The molecule has 4 heteroatoms. The number of halogens is 1. The summed E-state index contributed by atoms with van der Waals surface area (Å²) in [5.74, 6) is 0. The maximum absolute atomic E-state index is 9.03. The van der Waals surface area contributed by atoms with E-state index in [4.69, 9.17) is 22.4 Å². The van der Waals surface area contributed by atoms with Gasteiger partial charge in [0.25, 0.3) is 0 Å². The molecule has 1 aromatic rings. The number of nitrogens with zero attached hydrogens (tertiary/aromatic N) is 1. The molecule has 1 rings (SSSR count). The fraction of sp³-hybridized carbons (Fsp3) is 0.538. The number of likely N-dealkylation sites (N-methyl/N-ethyl adjacent to an activating group) is 1. The van der Waals surface area contributed by atoms with Crippen LogP contribution in [0.3, 0.4) is 0 Å². The highest BCUT2D eigenvalue weighted by molar-refractivity contribution is 6.30. The Labute approximate surface area is 108 Å². The van der Waals surface area contributed by atoms with Crippen molar-refractivity contribution >= 4 is 11.6 Å². The maximum Gasteiger partial charge on any atom is 0.0584 e. The Balaban J connectivity index is 2.44. The van der Waals surface area contributed by atoms with E-state index in [9.17, 15) is 0 Å². The first-order chi connectivity index (χ1) is 8.04. The molecule has 0 radical (unpaired) electrons. The summed E-state index contributed by atoms with van der Waals surface area (Å²) in [7, 11) is 2.00. The molecule has 3 N–H and O–H groups in total. The molecule has 0 fully saturated rings. The predicted molar refractivity (Wildman–Crippen MR) is 72.2 cm³/mol. The van der Waals surface area contributed by atoms with Gasteiger partial charge in [-0.2, -0.15) is 0 Å². The van der Waals surface area contributed by atoms with Gasteiger partial charge in [-0.15, -0.1) is 0 Å². The van der Waals surface area contributed by atoms with E-state index in [-0.39, 0.29) is 18.7 Å². The monoisotopic (exact) mass is 256 g/mol. The molecule has 2 atom stereocenters. The minimum absolute atomic E-state index is 0.0145. The van der Waals surface area contributed by atoms with Gasteiger partial charge in [-0.25, -0.2) is 0 Å². The van der Waals surface area contributed by atoms with Crippen LogP contribution in [0, 0.1) is 0 Å². The molecule has 0 amide bonds. The number of aliphatic hydroxyl groups excluding tert-OH is 1. The Kier molecular flexibility index (Phi) is 5.92. The highest BCUT2D eigenvalue weighted by Gasteiger charge is 2.11. The number of nitrogens with two attached hydrogens (primary N) is 1.